The molecule has 1 atom stereocenters. The molecule has 2 heterocycles. The zero-order chi connectivity index (χ0) is 11.5. The maximum Gasteiger partial charge on any atom is 0.0646 e. The second kappa shape index (κ2) is 4.49. The summed E-state index contributed by atoms with van der Waals surface area (Å²) in [5.74, 6) is 0. The standard InChI is InChI=1S/C13H17N3/c1-10-5-3-6-12(15-10)9-16-8-4-7-13(16)11(2)14/h3-8,11H,9,14H2,1-2H3. The molecule has 2 aromatic heterocycles. The molecule has 84 valence electrons. The Balaban J connectivity index is 2.24. The molecule has 2 N–H and O–H groups in total. The molecule has 1 unspecified atom stereocenters. The highest BCUT2D eigenvalue weighted by Gasteiger charge is 2.06. The Bertz CT molecular complexity index is 472. The van der Waals surface area contributed by atoms with Gasteiger partial charge in [-0.05, 0) is 38.1 Å². The summed E-state index contributed by atoms with van der Waals surface area (Å²) in [5.41, 5.74) is 9.16. The molecule has 0 radical (unpaired) electrons. The number of aromatic nitrogens is 2. The molecule has 0 aliphatic heterocycles. The normalized spacial score (nSPS) is 12.7. The summed E-state index contributed by atoms with van der Waals surface area (Å²) in [6.07, 6.45) is 2.04. The number of aryl methyl sites for hydroxylation is 1. The highest BCUT2D eigenvalue weighted by molar-refractivity contribution is 5.15. The third kappa shape index (κ3) is 2.31. The van der Waals surface area contributed by atoms with E-state index in [0.717, 1.165) is 23.6 Å². The van der Waals surface area contributed by atoms with Crippen LogP contribution in [0, 0.1) is 6.92 Å². The first-order chi connectivity index (χ1) is 7.66. The molecule has 0 saturated carbocycles. The number of nitrogens with two attached hydrogens (primary N) is 1. The van der Waals surface area contributed by atoms with Crippen molar-refractivity contribution in [3.05, 3.63) is 53.6 Å². The third-order valence-electron chi connectivity index (χ3n) is 2.61. The first-order valence-electron chi connectivity index (χ1n) is 5.50. The monoisotopic (exact) mass is 215 g/mol. The fourth-order valence-electron chi connectivity index (χ4n) is 1.85. The van der Waals surface area contributed by atoms with E-state index in [4.69, 9.17) is 5.73 Å². The molecule has 0 spiro atoms. The molecule has 0 bridgehead atoms. The van der Waals surface area contributed by atoms with Crippen LogP contribution in [0.25, 0.3) is 0 Å². The van der Waals surface area contributed by atoms with Crippen molar-refractivity contribution in [1.82, 2.24) is 9.55 Å². The van der Waals surface area contributed by atoms with Gasteiger partial charge in [0.05, 0.1) is 12.2 Å². The van der Waals surface area contributed by atoms with Gasteiger partial charge in [-0.15, -0.1) is 0 Å². The average molecular weight is 215 g/mol. The Morgan fingerprint density at radius 2 is 2.12 bits per heavy atom. The van der Waals surface area contributed by atoms with Crippen LogP contribution in [0.2, 0.25) is 0 Å². The van der Waals surface area contributed by atoms with E-state index in [1.54, 1.807) is 0 Å². The number of pyridine rings is 1. The molecule has 2 aromatic rings. The zero-order valence-electron chi connectivity index (χ0n) is 9.72. The predicted octanol–water partition coefficient (Wildman–Crippen LogP) is 2.26. The van der Waals surface area contributed by atoms with Gasteiger partial charge in [0.2, 0.25) is 0 Å². The largest absolute Gasteiger partial charge is 0.344 e. The fraction of sp³-hybridized carbons (Fsp3) is 0.308. The van der Waals surface area contributed by atoms with E-state index in [0.29, 0.717) is 0 Å². The summed E-state index contributed by atoms with van der Waals surface area (Å²) in [5, 5.41) is 0. The maximum atomic E-state index is 5.90. The summed E-state index contributed by atoms with van der Waals surface area (Å²) in [6.45, 7) is 4.78. The number of hydrogen-bond donors (Lipinski definition) is 1. The van der Waals surface area contributed by atoms with Crippen molar-refractivity contribution >= 4 is 0 Å². The Morgan fingerprint density at radius 1 is 1.31 bits per heavy atom. The molecule has 2 rings (SSSR count). The van der Waals surface area contributed by atoms with Gasteiger partial charge in [-0.25, -0.2) is 0 Å². The minimum Gasteiger partial charge on any atom is -0.344 e. The van der Waals surface area contributed by atoms with Crippen LogP contribution < -0.4 is 5.73 Å². The summed E-state index contributed by atoms with van der Waals surface area (Å²) in [6, 6.07) is 10.2. The summed E-state index contributed by atoms with van der Waals surface area (Å²) >= 11 is 0. The Hall–Kier alpha value is -1.61. The third-order valence-corrected chi connectivity index (χ3v) is 2.61. The van der Waals surface area contributed by atoms with Crippen LogP contribution in [0.15, 0.2) is 36.5 Å². The van der Waals surface area contributed by atoms with Crippen LogP contribution in [-0.4, -0.2) is 9.55 Å². The Morgan fingerprint density at radius 3 is 2.81 bits per heavy atom. The van der Waals surface area contributed by atoms with Gasteiger partial charge in [0.15, 0.2) is 0 Å². The van der Waals surface area contributed by atoms with Gasteiger partial charge < -0.3 is 10.3 Å². The van der Waals surface area contributed by atoms with Gasteiger partial charge in [-0.3, -0.25) is 4.98 Å². The number of rotatable bonds is 3. The molecule has 16 heavy (non-hydrogen) atoms. The quantitative estimate of drug-likeness (QED) is 0.853. The van der Waals surface area contributed by atoms with E-state index in [9.17, 15) is 0 Å². The second-order valence-corrected chi connectivity index (χ2v) is 4.12. The van der Waals surface area contributed by atoms with E-state index in [1.807, 2.05) is 44.3 Å². The van der Waals surface area contributed by atoms with Crippen molar-refractivity contribution in [3.63, 3.8) is 0 Å². The van der Waals surface area contributed by atoms with Crippen molar-refractivity contribution in [1.29, 1.82) is 0 Å². The van der Waals surface area contributed by atoms with Gasteiger partial charge in [-0.1, -0.05) is 6.07 Å². The minimum absolute atomic E-state index is 0.0554. The van der Waals surface area contributed by atoms with Gasteiger partial charge in [0.25, 0.3) is 0 Å². The van der Waals surface area contributed by atoms with Crippen molar-refractivity contribution in [2.24, 2.45) is 5.73 Å². The Labute approximate surface area is 95.9 Å². The van der Waals surface area contributed by atoms with Gasteiger partial charge in [0, 0.05) is 23.6 Å². The molecule has 0 aliphatic carbocycles. The first kappa shape index (κ1) is 10.9. The molecule has 0 amide bonds. The van der Waals surface area contributed by atoms with Crippen LogP contribution in [0.5, 0.6) is 0 Å². The lowest BCUT2D eigenvalue weighted by Gasteiger charge is -2.11. The summed E-state index contributed by atoms with van der Waals surface area (Å²) < 4.78 is 2.15. The van der Waals surface area contributed by atoms with Crippen molar-refractivity contribution < 1.29 is 0 Å². The van der Waals surface area contributed by atoms with E-state index in [-0.39, 0.29) is 6.04 Å². The lowest BCUT2D eigenvalue weighted by Crippen LogP contribution is -2.13. The SMILES string of the molecule is Cc1cccc(Cn2cccc2C(C)N)n1. The van der Waals surface area contributed by atoms with E-state index < -0.39 is 0 Å². The van der Waals surface area contributed by atoms with Crippen LogP contribution in [0.1, 0.15) is 30.0 Å². The first-order valence-corrected chi connectivity index (χ1v) is 5.50. The van der Waals surface area contributed by atoms with Gasteiger partial charge in [-0.2, -0.15) is 0 Å². The lowest BCUT2D eigenvalue weighted by molar-refractivity contribution is 0.666. The fourth-order valence-corrected chi connectivity index (χ4v) is 1.85. The van der Waals surface area contributed by atoms with E-state index in [1.165, 1.54) is 0 Å². The summed E-state index contributed by atoms with van der Waals surface area (Å²) in [4.78, 5) is 4.49. The topological polar surface area (TPSA) is 43.8 Å². The van der Waals surface area contributed by atoms with E-state index >= 15 is 0 Å². The Kier molecular flexibility index (Phi) is 3.06. The second-order valence-electron chi connectivity index (χ2n) is 4.12. The summed E-state index contributed by atoms with van der Waals surface area (Å²) in [7, 11) is 0. The average Bonchev–Trinajstić information content (AvgIpc) is 2.66. The van der Waals surface area contributed by atoms with Crippen LogP contribution in [0.4, 0.5) is 0 Å². The van der Waals surface area contributed by atoms with Crippen LogP contribution in [0.3, 0.4) is 0 Å². The minimum atomic E-state index is 0.0554. The predicted molar refractivity (Wildman–Crippen MR) is 65.1 cm³/mol. The van der Waals surface area contributed by atoms with E-state index in [2.05, 4.69) is 15.6 Å². The highest BCUT2D eigenvalue weighted by Crippen LogP contribution is 2.12. The molecular weight excluding hydrogens is 198 g/mol. The van der Waals surface area contributed by atoms with Crippen LogP contribution >= 0.6 is 0 Å². The molecule has 0 saturated heterocycles. The van der Waals surface area contributed by atoms with Crippen molar-refractivity contribution in [2.75, 3.05) is 0 Å². The molecule has 0 aliphatic rings. The molecule has 0 aromatic carbocycles. The highest BCUT2D eigenvalue weighted by atomic mass is 15.0. The van der Waals surface area contributed by atoms with Gasteiger partial charge >= 0.3 is 0 Å². The molecular formula is C13H17N3. The zero-order valence-corrected chi connectivity index (χ0v) is 9.72. The number of nitrogens with zero attached hydrogens (tertiary/aromatic N) is 2. The van der Waals surface area contributed by atoms with Crippen LogP contribution in [-0.2, 0) is 6.54 Å². The number of hydrogen-bond acceptors (Lipinski definition) is 2. The molecule has 0 fully saturated rings. The maximum absolute atomic E-state index is 5.90. The smallest absolute Gasteiger partial charge is 0.0646 e. The lowest BCUT2D eigenvalue weighted by atomic mass is 10.2. The molecule has 3 nitrogen and oxygen atoms in total. The molecule has 3 heteroatoms. The van der Waals surface area contributed by atoms with Crippen molar-refractivity contribution in [2.45, 2.75) is 26.4 Å². The van der Waals surface area contributed by atoms with Gasteiger partial charge in [0.1, 0.15) is 0 Å². The van der Waals surface area contributed by atoms with Crippen molar-refractivity contribution in [3.8, 4) is 0 Å².